The van der Waals surface area contributed by atoms with Gasteiger partial charge in [-0.05, 0) is 46.0 Å². The predicted octanol–water partition coefficient (Wildman–Crippen LogP) is 2.33. The lowest BCUT2D eigenvalue weighted by Crippen LogP contribution is -2.47. The third kappa shape index (κ3) is 3.86. The van der Waals surface area contributed by atoms with Crippen molar-refractivity contribution in [2.75, 3.05) is 39.0 Å². The Morgan fingerprint density at radius 3 is 2.95 bits per heavy atom. The Kier molecular flexibility index (Phi) is 5.42. The summed E-state index contributed by atoms with van der Waals surface area (Å²) in [5.41, 5.74) is 0.342. The first-order valence-electron chi connectivity index (χ1n) is 7.39. The van der Waals surface area contributed by atoms with Crippen LogP contribution in [0.4, 0.5) is 5.82 Å². The molecule has 5 nitrogen and oxygen atoms in total. The maximum absolute atomic E-state index is 12.7. The normalized spacial score (nSPS) is 18.9. The van der Waals surface area contributed by atoms with Crippen molar-refractivity contribution in [1.29, 1.82) is 0 Å². The number of pyridine rings is 1. The number of anilines is 1. The van der Waals surface area contributed by atoms with Crippen LogP contribution in [0.5, 0.6) is 0 Å². The molecule has 116 valence electrons. The number of aromatic nitrogens is 1. The summed E-state index contributed by atoms with van der Waals surface area (Å²) in [5, 5.41) is 3.52. The van der Waals surface area contributed by atoms with E-state index in [1.165, 1.54) is 0 Å². The van der Waals surface area contributed by atoms with E-state index in [4.69, 9.17) is 11.6 Å². The summed E-state index contributed by atoms with van der Waals surface area (Å²) in [5.74, 6) is 0.609. The van der Waals surface area contributed by atoms with Gasteiger partial charge in [0.05, 0.1) is 5.02 Å². The summed E-state index contributed by atoms with van der Waals surface area (Å²) in [6.07, 6.45) is 2.13. The molecule has 1 atom stereocenters. The van der Waals surface area contributed by atoms with E-state index < -0.39 is 0 Å². The molecule has 1 saturated heterocycles. The molecule has 2 heterocycles. The van der Waals surface area contributed by atoms with Crippen LogP contribution in [0.25, 0.3) is 0 Å². The maximum Gasteiger partial charge on any atom is 0.274 e. The number of likely N-dealkylation sites (N-methyl/N-ethyl adjacent to an activating group) is 1. The molecule has 2 rings (SSSR count). The number of likely N-dealkylation sites (tertiary alicyclic amines) is 1. The van der Waals surface area contributed by atoms with Gasteiger partial charge in [0.25, 0.3) is 5.91 Å². The number of hydrogen-bond acceptors (Lipinski definition) is 4. The predicted molar refractivity (Wildman–Crippen MR) is 86.0 cm³/mol. The number of carbonyl (C=O) groups is 1. The highest BCUT2D eigenvalue weighted by molar-refractivity contribution is 6.33. The fraction of sp³-hybridized carbons (Fsp3) is 0.600. The number of amides is 1. The van der Waals surface area contributed by atoms with Crippen molar-refractivity contribution in [3.05, 3.63) is 22.8 Å². The van der Waals surface area contributed by atoms with E-state index in [-0.39, 0.29) is 5.91 Å². The highest BCUT2D eigenvalue weighted by Crippen LogP contribution is 2.21. The van der Waals surface area contributed by atoms with Gasteiger partial charge in [0, 0.05) is 25.7 Å². The fourth-order valence-corrected chi connectivity index (χ4v) is 2.77. The number of rotatable bonds is 4. The molecule has 1 N–H and O–H groups in total. The van der Waals surface area contributed by atoms with Gasteiger partial charge in [0.15, 0.2) is 0 Å². The quantitative estimate of drug-likeness (QED) is 0.927. The minimum atomic E-state index is -0.0775. The largest absolute Gasteiger partial charge is 0.370 e. The third-order valence-electron chi connectivity index (χ3n) is 3.82. The molecule has 0 bridgehead atoms. The van der Waals surface area contributed by atoms with Crippen molar-refractivity contribution in [3.8, 4) is 0 Å². The topological polar surface area (TPSA) is 48.5 Å². The minimum absolute atomic E-state index is 0.0775. The Morgan fingerprint density at radius 1 is 1.52 bits per heavy atom. The van der Waals surface area contributed by atoms with Crippen LogP contribution >= 0.6 is 11.6 Å². The summed E-state index contributed by atoms with van der Waals surface area (Å²) in [6, 6.07) is 3.92. The molecular weight excluding hydrogens is 288 g/mol. The molecule has 1 aromatic rings. The van der Waals surface area contributed by atoms with E-state index in [0.717, 1.165) is 32.5 Å². The number of hydrogen-bond donors (Lipinski definition) is 1. The number of nitrogens with one attached hydrogen (secondary N) is 1. The van der Waals surface area contributed by atoms with Crippen molar-refractivity contribution >= 4 is 23.3 Å². The molecule has 1 amide bonds. The van der Waals surface area contributed by atoms with Crippen LogP contribution in [0.2, 0.25) is 5.02 Å². The number of piperidine rings is 1. The molecule has 0 spiro atoms. The highest BCUT2D eigenvalue weighted by Gasteiger charge is 2.27. The van der Waals surface area contributed by atoms with Crippen LogP contribution in [0.3, 0.4) is 0 Å². The van der Waals surface area contributed by atoms with Gasteiger partial charge >= 0.3 is 0 Å². The zero-order chi connectivity index (χ0) is 15.4. The van der Waals surface area contributed by atoms with Gasteiger partial charge in [-0.3, -0.25) is 4.79 Å². The average Bonchev–Trinajstić information content (AvgIpc) is 2.49. The van der Waals surface area contributed by atoms with Crippen LogP contribution in [0.15, 0.2) is 12.1 Å². The lowest BCUT2D eigenvalue weighted by atomic mass is 10.0. The molecular formula is C15H23ClN4O. The van der Waals surface area contributed by atoms with E-state index in [1.807, 2.05) is 11.8 Å². The fourth-order valence-electron chi connectivity index (χ4n) is 2.58. The van der Waals surface area contributed by atoms with E-state index in [1.54, 1.807) is 12.1 Å². The average molecular weight is 311 g/mol. The standard InChI is InChI=1S/C15H23ClN4O/c1-4-17-13-8-7-12(16)14(18-13)15(21)20-9-5-6-11(10-20)19(2)3/h7-8,11H,4-6,9-10H2,1-3H3,(H,17,18). The van der Waals surface area contributed by atoms with Gasteiger partial charge in [-0.15, -0.1) is 0 Å². The molecule has 0 radical (unpaired) electrons. The van der Waals surface area contributed by atoms with Crippen LogP contribution in [0, 0.1) is 0 Å². The molecule has 1 aliphatic rings. The van der Waals surface area contributed by atoms with Crippen LogP contribution < -0.4 is 5.32 Å². The monoisotopic (exact) mass is 310 g/mol. The van der Waals surface area contributed by atoms with Crippen molar-refractivity contribution < 1.29 is 4.79 Å². The Morgan fingerprint density at radius 2 is 2.29 bits per heavy atom. The van der Waals surface area contributed by atoms with Crippen LogP contribution in [0.1, 0.15) is 30.3 Å². The van der Waals surface area contributed by atoms with Crippen molar-refractivity contribution in [1.82, 2.24) is 14.8 Å². The minimum Gasteiger partial charge on any atom is -0.370 e. The molecule has 1 fully saturated rings. The van der Waals surface area contributed by atoms with Gasteiger partial charge in [-0.25, -0.2) is 4.98 Å². The van der Waals surface area contributed by atoms with Gasteiger partial charge < -0.3 is 15.1 Å². The van der Waals surface area contributed by atoms with E-state index in [2.05, 4.69) is 29.3 Å². The summed E-state index contributed by atoms with van der Waals surface area (Å²) < 4.78 is 0. The highest BCUT2D eigenvalue weighted by atomic mass is 35.5. The molecule has 0 saturated carbocycles. The Bertz CT molecular complexity index is 506. The zero-order valence-corrected chi connectivity index (χ0v) is 13.7. The summed E-state index contributed by atoms with van der Waals surface area (Å²) >= 11 is 6.16. The smallest absolute Gasteiger partial charge is 0.274 e. The second-order valence-electron chi connectivity index (χ2n) is 5.57. The number of nitrogens with zero attached hydrogens (tertiary/aromatic N) is 3. The summed E-state index contributed by atoms with van der Waals surface area (Å²) in [4.78, 5) is 21.1. The van der Waals surface area contributed by atoms with Gasteiger partial charge in [0.1, 0.15) is 11.5 Å². The second-order valence-corrected chi connectivity index (χ2v) is 5.98. The lowest BCUT2D eigenvalue weighted by molar-refractivity contribution is 0.0629. The molecule has 0 aromatic carbocycles. The first kappa shape index (κ1) is 16.0. The van der Waals surface area contributed by atoms with Gasteiger partial charge in [0.2, 0.25) is 0 Å². The van der Waals surface area contributed by atoms with E-state index in [9.17, 15) is 4.79 Å². The van der Waals surface area contributed by atoms with Crippen LogP contribution in [-0.4, -0.2) is 60.5 Å². The molecule has 1 unspecified atom stereocenters. The van der Waals surface area contributed by atoms with Crippen LogP contribution in [-0.2, 0) is 0 Å². The summed E-state index contributed by atoms with van der Waals surface area (Å²) in [6.45, 7) is 4.25. The summed E-state index contributed by atoms with van der Waals surface area (Å²) in [7, 11) is 4.10. The molecule has 6 heteroatoms. The third-order valence-corrected chi connectivity index (χ3v) is 4.13. The Balaban J connectivity index is 2.17. The van der Waals surface area contributed by atoms with E-state index >= 15 is 0 Å². The number of carbonyl (C=O) groups excluding carboxylic acids is 1. The van der Waals surface area contributed by atoms with E-state index in [0.29, 0.717) is 22.6 Å². The zero-order valence-electron chi connectivity index (χ0n) is 12.9. The SMILES string of the molecule is CCNc1ccc(Cl)c(C(=O)N2CCCC(N(C)C)C2)n1. The number of halogens is 1. The maximum atomic E-state index is 12.7. The Labute approximate surface area is 131 Å². The lowest BCUT2D eigenvalue weighted by Gasteiger charge is -2.36. The molecule has 21 heavy (non-hydrogen) atoms. The molecule has 0 aliphatic carbocycles. The first-order chi connectivity index (χ1) is 10.0. The molecule has 1 aliphatic heterocycles. The van der Waals surface area contributed by atoms with Crippen molar-refractivity contribution in [3.63, 3.8) is 0 Å². The second kappa shape index (κ2) is 7.09. The van der Waals surface area contributed by atoms with Gasteiger partial charge in [-0.2, -0.15) is 0 Å². The Hall–Kier alpha value is -1.33. The van der Waals surface area contributed by atoms with Crippen molar-refractivity contribution in [2.24, 2.45) is 0 Å². The molecule has 1 aromatic heterocycles. The van der Waals surface area contributed by atoms with Crippen molar-refractivity contribution in [2.45, 2.75) is 25.8 Å². The first-order valence-corrected chi connectivity index (χ1v) is 7.76. The van der Waals surface area contributed by atoms with Gasteiger partial charge in [-0.1, -0.05) is 11.6 Å².